The number of rotatable bonds is 10. The van der Waals surface area contributed by atoms with Gasteiger partial charge in [-0.1, -0.05) is 12.1 Å². The van der Waals surface area contributed by atoms with Gasteiger partial charge in [-0.05, 0) is 42.3 Å². The van der Waals surface area contributed by atoms with Gasteiger partial charge in [-0.15, -0.1) is 0 Å². The van der Waals surface area contributed by atoms with E-state index in [-0.39, 0.29) is 41.6 Å². The van der Waals surface area contributed by atoms with Crippen LogP contribution in [0.2, 0.25) is 0 Å². The molecule has 0 radical (unpaired) electrons. The van der Waals surface area contributed by atoms with Crippen molar-refractivity contribution in [2.24, 2.45) is 0 Å². The van der Waals surface area contributed by atoms with Gasteiger partial charge in [0.2, 0.25) is 0 Å². The molecule has 198 valence electrons. The number of ether oxygens (including phenoxy) is 3. The molecule has 2 aromatic carbocycles. The van der Waals surface area contributed by atoms with Crippen molar-refractivity contribution in [2.45, 2.75) is 4.90 Å². The first-order valence-electron chi connectivity index (χ1n) is 11.4. The molecule has 11 heteroatoms. The number of benzene rings is 2. The van der Waals surface area contributed by atoms with E-state index in [9.17, 15) is 18.2 Å². The Bertz CT molecular complexity index is 1550. The van der Waals surface area contributed by atoms with E-state index in [4.69, 9.17) is 19.3 Å². The Labute approximate surface area is 218 Å². The van der Waals surface area contributed by atoms with E-state index in [2.05, 4.69) is 16.2 Å². The third-order valence-electron chi connectivity index (χ3n) is 5.71. The molecule has 0 aliphatic carbocycles. The van der Waals surface area contributed by atoms with Gasteiger partial charge in [0.15, 0.2) is 17.3 Å². The second-order valence-corrected chi connectivity index (χ2v) is 10.3. The van der Waals surface area contributed by atoms with E-state index in [1.54, 1.807) is 6.07 Å². The van der Waals surface area contributed by atoms with Gasteiger partial charge < -0.3 is 24.6 Å². The van der Waals surface area contributed by atoms with Crippen LogP contribution in [0.1, 0.15) is 32.1 Å². The monoisotopic (exact) mass is 540 g/mol. The number of nitrogens with one attached hydrogen (secondary N) is 1. The largest absolute Gasteiger partial charge is 0.494 e. The highest BCUT2D eigenvalue weighted by Gasteiger charge is 2.29. The number of aliphatic hydroxyl groups excluding tert-OH is 1. The standard InChI is InChI=1S/C27H25FN2O7S/c1-35-23-10-8-20(30-25(23)18-15-38(3,34)26-17(18)5-4-6-19(26)28)21(32)14-29-27(33)16-7-9-22(37-12-11-31)24(13-16)36-2/h4-10,13,15,31H,3,11-12,14H2,1-2H3,(H,29,33). The average Bonchev–Trinajstić information content (AvgIpc) is 3.21. The van der Waals surface area contributed by atoms with Gasteiger partial charge in [0.1, 0.15) is 29.6 Å². The number of pyridine rings is 1. The van der Waals surface area contributed by atoms with Gasteiger partial charge >= 0.3 is 0 Å². The molecule has 2 heterocycles. The van der Waals surface area contributed by atoms with Crippen molar-refractivity contribution in [3.8, 4) is 17.2 Å². The highest BCUT2D eigenvalue weighted by Crippen LogP contribution is 2.41. The summed E-state index contributed by atoms with van der Waals surface area (Å²) < 4.78 is 43.5. The molecule has 2 N–H and O–H groups in total. The number of aliphatic hydroxyl groups is 1. The fourth-order valence-electron chi connectivity index (χ4n) is 3.96. The number of ketones is 1. The lowest BCUT2D eigenvalue weighted by molar-refractivity contribution is 0.0902. The second-order valence-electron chi connectivity index (χ2n) is 8.17. The summed E-state index contributed by atoms with van der Waals surface area (Å²) in [5, 5.41) is 12.8. The molecule has 0 saturated carbocycles. The highest BCUT2D eigenvalue weighted by atomic mass is 32.2. The Kier molecular flexibility index (Phi) is 7.79. The zero-order valence-electron chi connectivity index (χ0n) is 20.7. The van der Waals surface area contributed by atoms with Crippen molar-refractivity contribution in [1.82, 2.24) is 10.3 Å². The summed E-state index contributed by atoms with van der Waals surface area (Å²) in [5.41, 5.74) is 1.15. The number of hydrogen-bond acceptors (Lipinski definition) is 8. The number of amides is 1. The highest BCUT2D eigenvalue weighted by molar-refractivity contribution is 8.03. The number of fused-ring (bicyclic) bond motifs is 1. The maximum absolute atomic E-state index is 14.5. The summed E-state index contributed by atoms with van der Waals surface area (Å²) in [6, 6.07) is 11.7. The lowest BCUT2D eigenvalue weighted by Crippen LogP contribution is -2.30. The summed E-state index contributed by atoms with van der Waals surface area (Å²) in [6.07, 6.45) is 0. The lowest BCUT2D eigenvalue weighted by Gasteiger charge is -2.12. The number of halogens is 1. The first-order valence-corrected chi connectivity index (χ1v) is 13.2. The maximum Gasteiger partial charge on any atom is 0.251 e. The van der Waals surface area contributed by atoms with Crippen LogP contribution in [-0.2, 0) is 9.52 Å². The number of carbonyl (C=O) groups is 2. The van der Waals surface area contributed by atoms with E-state index >= 15 is 0 Å². The molecule has 1 aliphatic rings. The number of carbonyl (C=O) groups excluding carboxylic acids is 2. The lowest BCUT2D eigenvalue weighted by atomic mass is 10.0. The summed E-state index contributed by atoms with van der Waals surface area (Å²) in [7, 11) is -0.232. The molecule has 0 spiro atoms. The van der Waals surface area contributed by atoms with Crippen molar-refractivity contribution in [1.29, 1.82) is 0 Å². The van der Waals surface area contributed by atoms with Gasteiger partial charge in [-0.25, -0.2) is 9.37 Å². The van der Waals surface area contributed by atoms with Crippen LogP contribution < -0.4 is 19.5 Å². The Hall–Kier alpha value is -4.22. The first kappa shape index (κ1) is 26.8. The van der Waals surface area contributed by atoms with E-state index in [0.29, 0.717) is 28.4 Å². The third kappa shape index (κ3) is 5.24. The van der Waals surface area contributed by atoms with E-state index in [0.717, 1.165) is 0 Å². The fraction of sp³-hybridized carbons (Fsp3) is 0.185. The van der Waals surface area contributed by atoms with Crippen LogP contribution in [0.4, 0.5) is 4.39 Å². The predicted molar refractivity (Wildman–Crippen MR) is 140 cm³/mol. The molecular formula is C27H25FN2O7S. The summed E-state index contributed by atoms with van der Waals surface area (Å²) in [5.74, 6) is 2.95. The minimum atomic E-state index is -3.06. The Morgan fingerprint density at radius 2 is 1.82 bits per heavy atom. The molecule has 1 unspecified atom stereocenters. The van der Waals surface area contributed by atoms with Crippen molar-refractivity contribution >= 4 is 32.7 Å². The quantitative estimate of drug-likeness (QED) is 0.297. The molecule has 9 nitrogen and oxygen atoms in total. The van der Waals surface area contributed by atoms with Gasteiger partial charge in [0, 0.05) is 31.6 Å². The molecule has 1 aliphatic heterocycles. The van der Waals surface area contributed by atoms with Crippen molar-refractivity contribution in [2.75, 3.05) is 34.0 Å². The molecule has 1 amide bonds. The van der Waals surface area contributed by atoms with Gasteiger partial charge in [-0.2, -0.15) is 0 Å². The molecule has 0 bridgehead atoms. The van der Waals surface area contributed by atoms with E-state index in [1.807, 2.05) is 0 Å². The van der Waals surface area contributed by atoms with Crippen LogP contribution in [0.25, 0.3) is 5.57 Å². The van der Waals surface area contributed by atoms with Crippen molar-refractivity contribution < 1.29 is 37.5 Å². The van der Waals surface area contributed by atoms with E-state index in [1.165, 1.54) is 62.1 Å². The van der Waals surface area contributed by atoms with Gasteiger partial charge in [-0.3, -0.25) is 13.8 Å². The molecule has 4 rings (SSSR count). The average molecular weight is 541 g/mol. The second kappa shape index (κ2) is 11.0. The van der Waals surface area contributed by atoms with Gasteiger partial charge in [0.05, 0.1) is 32.3 Å². The molecular weight excluding hydrogens is 515 g/mol. The number of aromatic nitrogens is 1. The molecule has 38 heavy (non-hydrogen) atoms. The third-order valence-corrected chi connectivity index (χ3v) is 7.44. The fourth-order valence-corrected chi connectivity index (χ4v) is 5.65. The van der Waals surface area contributed by atoms with Crippen LogP contribution in [0.3, 0.4) is 0 Å². The maximum atomic E-state index is 14.5. The van der Waals surface area contributed by atoms with Crippen LogP contribution in [-0.4, -0.2) is 65.8 Å². The Morgan fingerprint density at radius 1 is 1.08 bits per heavy atom. The predicted octanol–water partition coefficient (Wildman–Crippen LogP) is 2.70. The number of Topliss-reactive ketones (excluding diaryl/α,β-unsaturated/α-hetero) is 1. The summed E-state index contributed by atoms with van der Waals surface area (Å²) in [6.45, 7) is -0.473. The van der Waals surface area contributed by atoms with Crippen LogP contribution >= 0.6 is 0 Å². The molecule has 0 fully saturated rings. The minimum Gasteiger partial charge on any atom is -0.494 e. The van der Waals surface area contributed by atoms with E-state index < -0.39 is 27.0 Å². The van der Waals surface area contributed by atoms with Crippen LogP contribution in [0, 0.1) is 5.82 Å². The van der Waals surface area contributed by atoms with Crippen molar-refractivity contribution in [3.05, 3.63) is 82.3 Å². The number of methoxy groups -OCH3 is 2. The number of nitrogens with zero attached hydrogens (tertiary/aromatic N) is 1. The topological polar surface area (TPSA) is 124 Å². The SMILES string of the molecule is C=S1(=O)C=C(c2nc(C(=O)CNC(=O)c3ccc(OCCO)c(OC)c3)ccc2OC)c2cccc(F)c21. The first-order chi connectivity index (χ1) is 18.2. The summed E-state index contributed by atoms with van der Waals surface area (Å²) >= 11 is 0. The Balaban J connectivity index is 1.56. The molecule has 1 aromatic heterocycles. The van der Waals surface area contributed by atoms with Crippen LogP contribution in [0.5, 0.6) is 17.2 Å². The Morgan fingerprint density at radius 3 is 2.53 bits per heavy atom. The summed E-state index contributed by atoms with van der Waals surface area (Å²) in [4.78, 5) is 30.0. The van der Waals surface area contributed by atoms with Crippen molar-refractivity contribution in [3.63, 3.8) is 0 Å². The minimum absolute atomic E-state index is 0.0211. The zero-order chi connectivity index (χ0) is 27.4. The van der Waals surface area contributed by atoms with Crippen LogP contribution in [0.15, 0.2) is 58.8 Å². The molecule has 1 atom stereocenters. The molecule has 3 aromatic rings. The smallest absolute Gasteiger partial charge is 0.251 e. The van der Waals surface area contributed by atoms with Gasteiger partial charge in [0.25, 0.3) is 5.91 Å². The zero-order valence-corrected chi connectivity index (χ0v) is 21.5. The molecule has 0 saturated heterocycles. The normalized spacial score (nSPS) is 15.8. The number of hydrogen-bond donors (Lipinski definition) is 2.